The van der Waals surface area contributed by atoms with Crippen LogP contribution in [0.15, 0.2) is 12.2 Å². The van der Waals surface area contributed by atoms with Crippen LogP contribution in [0.2, 0.25) is 0 Å². The molecule has 0 aromatic carbocycles. The Morgan fingerprint density at radius 2 is 1.47 bits per heavy atom. The monoisotopic (exact) mass is 482 g/mol. The molecule has 0 bridgehead atoms. The molecule has 1 N–H and O–H groups in total. The van der Waals surface area contributed by atoms with Crippen LogP contribution in [0.25, 0.3) is 0 Å². The first-order valence-electron chi connectivity index (χ1n) is 11.5. The zero-order valence-corrected chi connectivity index (χ0v) is 22.4. The first-order chi connectivity index (χ1) is 14.8. The van der Waals surface area contributed by atoms with Gasteiger partial charge in [-0.3, -0.25) is 14.1 Å². The Kier molecular flexibility index (Phi) is 17.3. The van der Waals surface area contributed by atoms with E-state index in [0.717, 1.165) is 38.5 Å². The number of rotatable bonds is 17. The topological polar surface area (TPSA) is 118 Å². The Balaban J connectivity index is 0.00000961. The molecule has 0 spiro atoms. The van der Waals surface area contributed by atoms with Crippen molar-refractivity contribution in [1.29, 1.82) is 0 Å². The van der Waals surface area contributed by atoms with Gasteiger partial charge in [0.25, 0.3) is 21.9 Å². The predicted octanol–water partition coefficient (Wildman–Crippen LogP) is 4.12. The molecule has 1 radical (unpaired) electrons. The van der Waals surface area contributed by atoms with Gasteiger partial charge in [-0.25, -0.2) is 4.79 Å². The van der Waals surface area contributed by atoms with Gasteiger partial charge in [0, 0.05) is 36.0 Å². The molecule has 1 saturated heterocycles. The van der Waals surface area contributed by atoms with Crippen molar-refractivity contribution in [1.82, 2.24) is 5.06 Å². The number of carbonyl (C=O) groups is 3. The van der Waals surface area contributed by atoms with E-state index >= 15 is 0 Å². The van der Waals surface area contributed by atoms with Crippen molar-refractivity contribution in [2.75, 3.05) is 0 Å². The van der Waals surface area contributed by atoms with Gasteiger partial charge in [-0.1, -0.05) is 70.4 Å². The van der Waals surface area contributed by atoms with Crippen LogP contribution >= 0.6 is 0 Å². The number of unbranched alkanes of at least 4 members (excludes halogenated alkanes) is 11. The van der Waals surface area contributed by atoms with Crippen molar-refractivity contribution in [3.8, 4) is 0 Å². The van der Waals surface area contributed by atoms with Crippen LogP contribution in [-0.4, -0.2) is 70.6 Å². The van der Waals surface area contributed by atoms with Crippen molar-refractivity contribution in [3.63, 3.8) is 0 Å². The van der Waals surface area contributed by atoms with E-state index in [0.29, 0.717) is 6.42 Å². The number of hydrogen-bond acceptors (Lipinski definition) is 6. The van der Waals surface area contributed by atoms with Crippen LogP contribution in [0.3, 0.4) is 0 Å². The molecule has 1 aliphatic heterocycles. The minimum atomic E-state index is -4.71. The summed E-state index contributed by atoms with van der Waals surface area (Å²) in [5.74, 6) is -2.95. The van der Waals surface area contributed by atoms with Gasteiger partial charge >= 0.3 is 5.97 Å². The van der Waals surface area contributed by atoms with Crippen molar-refractivity contribution in [2.24, 2.45) is 0 Å². The Labute approximate surface area is 214 Å². The molecule has 0 aliphatic carbocycles. The molecule has 1 heterocycles. The van der Waals surface area contributed by atoms with Crippen LogP contribution in [-0.2, 0) is 29.3 Å². The van der Waals surface area contributed by atoms with E-state index in [4.69, 9.17) is 9.39 Å². The number of hydroxylamine groups is 2. The fourth-order valence-electron chi connectivity index (χ4n) is 3.40. The van der Waals surface area contributed by atoms with Gasteiger partial charge in [0.05, 0.1) is 6.42 Å². The standard InChI is InChI=1S/C22H37NO7S.Na/c1-2-3-4-5-6-7-8-9-10-11-12-13-14-15-16-17-21(25)30-23-20(24)18-19(22(23)26)31(27,28)29;/h9-10,19H,2-8,11-18H2,1H3,(H,27,28,29);. The van der Waals surface area contributed by atoms with Gasteiger partial charge in [0.1, 0.15) is 0 Å². The van der Waals surface area contributed by atoms with Crippen LogP contribution in [0, 0.1) is 0 Å². The molecule has 1 fully saturated rings. The fraction of sp³-hybridized carbons (Fsp3) is 0.773. The second-order valence-electron chi connectivity index (χ2n) is 8.03. The van der Waals surface area contributed by atoms with Crippen LogP contribution in [0.4, 0.5) is 0 Å². The number of amides is 2. The SMILES string of the molecule is CCCCCCCCC=CCCCCCCCC(=O)ON1C(=O)CC(S(=O)(=O)O)C1=O.[Na]. The molecule has 1 aliphatic rings. The summed E-state index contributed by atoms with van der Waals surface area (Å²) in [6.45, 7) is 2.23. The van der Waals surface area contributed by atoms with Crippen molar-refractivity contribution in [2.45, 2.75) is 108 Å². The first kappa shape index (κ1) is 31.3. The summed E-state index contributed by atoms with van der Waals surface area (Å²) in [6, 6.07) is 0. The molecule has 32 heavy (non-hydrogen) atoms. The Morgan fingerprint density at radius 3 is 1.97 bits per heavy atom. The third-order valence-electron chi connectivity index (χ3n) is 5.26. The fourth-order valence-corrected chi connectivity index (χ4v) is 4.10. The largest absolute Gasteiger partial charge is 0.333 e. The maximum Gasteiger partial charge on any atom is 0.333 e. The summed E-state index contributed by atoms with van der Waals surface area (Å²) in [6.07, 6.45) is 18.5. The molecule has 179 valence electrons. The maximum absolute atomic E-state index is 11.8. The smallest absolute Gasteiger partial charge is 0.330 e. The minimum Gasteiger partial charge on any atom is -0.330 e. The second-order valence-corrected chi connectivity index (χ2v) is 9.63. The molecular weight excluding hydrogens is 445 g/mol. The molecular formula is C22H37NNaO7S. The van der Waals surface area contributed by atoms with Gasteiger partial charge in [0.2, 0.25) is 0 Å². The molecule has 0 aromatic heterocycles. The summed E-state index contributed by atoms with van der Waals surface area (Å²) in [5, 5.41) is -1.74. The van der Waals surface area contributed by atoms with Crippen molar-refractivity contribution < 1.29 is 32.2 Å². The Bertz CT molecular complexity index is 709. The average Bonchev–Trinajstić information content (AvgIpc) is 2.99. The normalized spacial score (nSPS) is 16.6. The summed E-state index contributed by atoms with van der Waals surface area (Å²) < 4.78 is 31.1. The summed E-state index contributed by atoms with van der Waals surface area (Å²) in [4.78, 5) is 39.9. The number of imide groups is 1. The van der Waals surface area contributed by atoms with E-state index in [1.165, 1.54) is 38.5 Å². The van der Waals surface area contributed by atoms with Gasteiger partial charge in [-0.05, 0) is 32.1 Å². The third kappa shape index (κ3) is 13.1. The zero-order valence-electron chi connectivity index (χ0n) is 19.6. The molecule has 8 nitrogen and oxygen atoms in total. The number of allylic oxidation sites excluding steroid dienone is 2. The van der Waals surface area contributed by atoms with Gasteiger partial charge < -0.3 is 4.84 Å². The molecule has 2 amide bonds. The Hall–Kier alpha value is -0.740. The second kappa shape index (κ2) is 17.7. The van der Waals surface area contributed by atoms with E-state index < -0.39 is 39.6 Å². The number of hydrogen-bond donors (Lipinski definition) is 1. The van der Waals surface area contributed by atoms with E-state index in [9.17, 15) is 22.8 Å². The van der Waals surface area contributed by atoms with E-state index in [-0.39, 0.29) is 41.0 Å². The molecule has 10 heteroatoms. The predicted molar refractivity (Wildman–Crippen MR) is 123 cm³/mol. The molecule has 1 atom stereocenters. The molecule has 0 aromatic rings. The zero-order chi connectivity index (χ0) is 23.1. The van der Waals surface area contributed by atoms with Gasteiger partial charge in [0.15, 0.2) is 5.25 Å². The molecule has 0 saturated carbocycles. The minimum absolute atomic E-state index is 0. The summed E-state index contributed by atoms with van der Waals surface area (Å²) in [7, 11) is -4.71. The third-order valence-corrected chi connectivity index (χ3v) is 6.34. The van der Waals surface area contributed by atoms with Crippen LogP contribution in [0.5, 0.6) is 0 Å². The molecule has 1 rings (SSSR count). The number of nitrogens with zero attached hydrogens (tertiary/aromatic N) is 1. The van der Waals surface area contributed by atoms with Gasteiger partial charge in [-0.2, -0.15) is 8.42 Å². The average molecular weight is 483 g/mol. The maximum atomic E-state index is 11.8. The Morgan fingerprint density at radius 1 is 0.969 bits per heavy atom. The van der Waals surface area contributed by atoms with E-state index in [2.05, 4.69) is 19.1 Å². The quantitative estimate of drug-likeness (QED) is 0.109. The molecule has 1 unspecified atom stereocenters. The van der Waals surface area contributed by atoms with E-state index in [1.54, 1.807) is 0 Å². The van der Waals surface area contributed by atoms with Crippen LogP contribution < -0.4 is 0 Å². The van der Waals surface area contributed by atoms with Crippen LogP contribution in [0.1, 0.15) is 103 Å². The summed E-state index contributed by atoms with van der Waals surface area (Å²) >= 11 is 0. The van der Waals surface area contributed by atoms with Crippen molar-refractivity contribution in [3.05, 3.63) is 12.2 Å². The van der Waals surface area contributed by atoms with Crippen molar-refractivity contribution >= 4 is 57.5 Å². The first-order valence-corrected chi connectivity index (χ1v) is 13.0. The summed E-state index contributed by atoms with van der Waals surface area (Å²) in [5.41, 5.74) is 0. The van der Waals surface area contributed by atoms with Gasteiger partial charge in [-0.15, -0.1) is 5.06 Å². The number of carbonyl (C=O) groups excluding carboxylic acids is 3. The van der Waals surface area contributed by atoms with E-state index in [1.807, 2.05) is 0 Å².